The molecule has 0 radical (unpaired) electrons. The van der Waals surface area contributed by atoms with E-state index in [1.54, 1.807) is 0 Å². The minimum absolute atomic E-state index is 0.717. The van der Waals surface area contributed by atoms with Crippen molar-refractivity contribution < 1.29 is 4.74 Å². The van der Waals surface area contributed by atoms with Crippen LogP contribution in [0.2, 0.25) is 5.02 Å². The molecule has 1 aliphatic rings. The van der Waals surface area contributed by atoms with Crippen molar-refractivity contribution in [3.8, 4) is 11.5 Å². The second-order valence-corrected chi connectivity index (χ2v) is 7.41. The molecule has 0 amide bonds. The first-order valence-corrected chi connectivity index (χ1v) is 8.91. The number of fused-ring (bicyclic) bond motifs is 2. The molecule has 0 fully saturated rings. The molecule has 0 aromatic heterocycles. The Bertz CT molecular complexity index is 845. The summed E-state index contributed by atoms with van der Waals surface area (Å²) >= 11 is 13.0. The summed E-state index contributed by atoms with van der Waals surface area (Å²) < 4.78 is 8.04. The van der Waals surface area contributed by atoms with Gasteiger partial charge < -0.3 is 9.64 Å². The predicted molar refractivity (Wildman–Crippen MR) is 102 cm³/mol. The molecule has 23 heavy (non-hydrogen) atoms. The van der Waals surface area contributed by atoms with Gasteiger partial charge in [0.2, 0.25) is 0 Å². The average molecular weight is 452 g/mol. The van der Waals surface area contributed by atoms with E-state index in [0.717, 1.165) is 37.5 Å². The van der Waals surface area contributed by atoms with Crippen molar-refractivity contribution in [1.82, 2.24) is 0 Å². The number of rotatable bonds is 1. The van der Waals surface area contributed by atoms with Crippen LogP contribution in [0.25, 0.3) is 0 Å². The SMILES string of the molecule is Clc1ccc(N2c3ccc(Br)cc3Oc3cc(Br)ccc32)cc1. The van der Waals surface area contributed by atoms with Gasteiger partial charge in [0, 0.05) is 19.7 Å². The summed E-state index contributed by atoms with van der Waals surface area (Å²) in [6, 6.07) is 19.8. The fraction of sp³-hybridized carbons (Fsp3) is 0. The molecule has 0 spiro atoms. The van der Waals surface area contributed by atoms with Crippen LogP contribution >= 0.6 is 43.5 Å². The van der Waals surface area contributed by atoms with Crippen molar-refractivity contribution >= 4 is 60.5 Å². The first kappa shape index (κ1) is 15.1. The van der Waals surface area contributed by atoms with Crippen LogP contribution in [0.5, 0.6) is 11.5 Å². The van der Waals surface area contributed by atoms with Crippen LogP contribution in [-0.2, 0) is 0 Å². The molecule has 2 nitrogen and oxygen atoms in total. The van der Waals surface area contributed by atoms with E-state index in [-0.39, 0.29) is 0 Å². The van der Waals surface area contributed by atoms with E-state index in [9.17, 15) is 0 Å². The molecule has 0 saturated heterocycles. The number of benzene rings is 3. The Balaban J connectivity index is 1.95. The van der Waals surface area contributed by atoms with E-state index >= 15 is 0 Å². The first-order valence-electron chi connectivity index (χ1n) is 6.94. The van der Waals surface area contributed by atoms with Crippen molar-refractivity contribution in [2.45, 2.75) is 0 Å². The molecule has 0 N–H and O–H groups in total. The van der Waals surface area contributed by atoms with Crippen LogP contribution in [0.15, 0.2) is 69.6 Å². The van der Waals surface area contributed by atoms with E-state index in [1.165, 1.54) is 0 Å². The van der Waals surface area contributed by atoms with Gasteiger partial charge >= 0.3 is 0 Å². The number of hydrogen-bond donors (Lipinski definition) is 0. The molecule has 3 aromatic carbocycles. The lowest BCUT2D eigenvalue weighted by Crippen LogP contribution is -2.15. The van der Waals surface area contributed by atoms with Gasteiger partial charge in [-0.1, -0.05) is 43.5 Å². The Labute approximate surface area is 155 Å². The smallest absolute Gasteiger partial charge is 0.152 e. The molecule has 0 saturated carbocycles. The third kappa shape index (κ3) is 2.75. The van der Waals surface area contributed by atoms with Crippen LogP contribution in [0.3, 0.4) is 0 Å². The summed E-state index contributed by atoms with van der Waals surface area (Å²) in [6.45, 7) is 0. The maximum Gasteiger partial charge on any atom is 0.152 e. The summed E-state index contributed by atoms with van der Waals surface area (Å²) in [7, 11) is 0. The molecule has 0 unspecified atom stereocenters. The largest absolute Gasteiger partial charge is 0.453 e. The summed E-state index contributed by atoms with van der Waals surface area (Å²) in [6.07, 6.45) is 0. The molecular weight excluding hydrogens is 441 g/mol. The minimum atomic E-state index is 0.717. The predicted octanol–water partition coefficient (Wildman–Crippen LogP) is 7.44. The van der Waals surface area contributed by atoms with Crippen LogP contribution < -0.4 is 9.64 Å². The average Bonchev–Trinajstić information content (AvgIpc) is 2.53. The molecule has 3 aromatic rings. The van der Waals surface area contributed by atoms with Crippen LogP contribution in [0.4, 0.5) is 17.1 Å². The number of hydrogen-bond acceptors (Lipinski definition) is 2. The second kappa shape index (κ2) is 5.86. The lowest BCUT2D eigenvalue weighted by Gasteiger charge is -2.33. The minimum Gasteiger partial charge on any atom is -0.453 e. The fourth-order valence-corrected chi connectivity index (χ4v) is 3.43. The summed E-state index contributed by atoms with van der Waals surface area (Å²) in [5.41, 5.74) is 3.01. The summed E-state index contributed by atoms with van der Waals surface area (Å²) in [5, 5.41) is 0.717. The maximum absolute atomic E-state index is 6.09. The normalized spacial score (nSPS) is 12.4. The third-order valence-corrected chi connectivity index (χ3v) is 4.87. The Morgan fingerprint density at radius 1 is 0.739 bits per heavy atom. The van der Waals surface area contributed by atoms with Crippen LogP contribution in [0.1, 0.15) is 0 Å². The number of anilines is 3. The van der Waals surface area contributed by atoms with E-state index in [0.29, 0.717) is 5.02 Å². The highest BCUT2D eigenvalue weighted by Gasteiger charge is 2.26. The quantitative estimate of drug-likeness (QED) is 0.298. The lowest BCUT2D eigenvalue weighted by molar-refractivity contribution is 0.476. The van der Waals surface area contributed by atoms with Gasteiger partial charge in [-0.15, -0.1) is 0 Å². The molecule has 0 atom stereocenters. The standard InChI is InChI=1S/C18H10Br2ClNO/c19-11-1-7-15-17(9-11)23-18-10-12(20)2-8-16(18)22(15)14-5-3-13(21)4-6-14/h1-10H. The monoisotopic (exact) mass is 449 g/mol. The van der Waals surface area contributed by atoms with Crippen molar-refractivity contribution in [3.05, 3.63) is 74.6 Å². The second-order valence-electron chi connectivity index (χ2n) is 5.14. The van der Waals surface area contributed by atoms with Gasteiger partial charge in [-0.3, -0.25) is 0 Å². The zero-order valence-corrected chi connectivity index (χ0v) is 15.7. The van der Waals surface area contributed by atoms with Crippen LogP contribution in [-0.4, -0.2) is 0 Å². The van der Waals surface area contributed by atoms with Gasteiger partial charge in [0.05, 0.1) is 11.4 Å². The summed E-state index contributed by atoms with van der Waals surface area (Å²) in [5.74, 6) is 1.61. The maximum atomic E-state index is 6.09. The van der Waals surface area contributed by atoms with Crippen LogP contribution in [0, 0.1) is 0 Å². The van der Waals surface area contributed by atoms with Gasteiger partial charge in [0.15, 0.2) is 11.5 Å². The number of ether oxygens (including phenoxy) is 1. The molecule has 1 aliphatic heterocycles. The number of nitrogens with zero attached hydrogens (tertiary/aromatic N) is 1. The van der Waals surface area contributed by atoms with Gasteiger partial charge in [0.1, 0.15) is 0 Å². The van der Waals surface area contributed by atoms with Crippen molar-refractivity contribution in [2.24, 2.45) is 0 Å². The van der Waals surface area contributed by atoms with Crippen molar-refractivity contribution in [3.63, 3.8) is 0 Å². The van der Waals surface area contributed by atoms with Gasteiger partial charge in [-0.05, 0) is 60.7 Å². The highest BCUT2D eigenvalue weighted by molar-refractivity contribution is 9.10. The molecular formula is C18H10Br2ClNO. The molecule has 0 bridgehead atoms. The fourth-order valence-electron chi connectivity index (χ4n) is 2.63. The third-order valence-electron chi connectivity index (χ3n) is 3.63. The molecule has 114 valence electrons. The van der Waals surface area contributed by atoms with Gasteiger partial charge in [-0.25, -0.2) is 0 Å². The van der Waals surface area contributed by atoms with Gasteiger partial charge in [-0.2, -0.15) is 0 Å². The molecule has 0 aliphatic carbocycles. The Hall–Kier alpha value is -1.49. The highest BCUT2D eigenvalue weighted by Crippen LogP contribution is 2.51. The highest BCUT2D eigenvalue weighted by atomic mass is 79.9. The van der Waals surface area contributed by atoms with Gasteiger partial charge in [0.25, 0.3) is 0 Å². The van der Waals surface area contributed by atoms with Crippen molar-refractivity contribution in [2.75, 3.05) is 4.90 Å². The Morgan fingerprint density at radius 3 is 1.78 bits per heavy atom. The molecule has 5 heteroatoms. The van der Waals surface area contributed by atoms with E-state index in [1.807, 2.05) is 60.7 Å². The van der Waals surface area contributed by atoms with E-state index < -0.39 is 0 Å². The molecule has 4 rings (SSSR count). The summed E-state index contributed by atoms with van der Waals surface area (Å²) in [4.78, 5) is 2.17. The topological polar surface area (TPSA) is 12.5 Å². The zero-order valence-electron chi connectivity index (χ0n) is 11.8. The first-order chi connectivity index (χ1) is 11.1. The molecule has 1 heterocycles. The van der Waals surface area contributed by atoms with Crippen molar-refractivity contribution in [1.29, 1.82) is 0 Å². The Morgan fingerprint density at radius 2 is 1.26 bits per heavy atom. The number of halogens is 3. The Kier molecular flexibility index (Phi) is 3.84. The lowest BCUT2D eigenvalue weighted by atomic mass is 10.1. The van der Waals surface area contributed by atoms with E-state index in [2.05, 4.69) is 36.8 Å². The van der Waals surface area contributed by atoms with E-state index in [4.69, 9.17) is 16.3 Å². The zero-order chi connectivity index (χ0) is 16.0.